The lowest BCUT2D eigenvalue weighted by Gasteiger charge is -2.37. The van der Waals surface area contributed by atoms with E-state index in [4.69, 9.17) is 28.9 Å². The minimum absolute atomic E-state index is 0.237. The van der Waals surface area contributed by atoms with Crippen molar-refractivity contribution in [2.24, 2.45) is 11.1 Å². The summed E-state index contributed by atoms with van der Waals surface area (Å²) >= 11 is 12.2. The molecular formula is C28H28Cl2N4O3. The van der Waals surface area contributed by atoms with Crippen molar-refractivity contribution in [1.82, 2.24) is 5.32 Å². The predicted octanol–water partition coefficient (Wildman–Crippen LogP) is 4.92. The number of nitrogens with one attached hydrogen (secondary N) is 2. The van der Waals surface area contributed by atoms with Crippen LogP contribution >= 0.6 is 23.2 Å². The van der Waals surface area contributed by atoms with Crippen molar-refractivity contribution in [1.29, 1.82) is 0 Å². The van der Waals surface area contributed by atoms with Crippen LogP contribution in [0.15, 0.2) is 66.7 Å². The standard InChI is InChI=1S/C28H28Cl2N4O3/c1-28(2,15-31)16-32-25(35)18-9-11-23-22(14-18)33-26(36)24(12-17-6-4-3-5-7-17)34(23)27(37)19-8-10-20(29)21(30)13-19/h3-11,13-14,24H,12,15-16,31H2,1-2H3,(H,32,35)(H,33,36). The molecule has 0 fully saturated rings. The summed E-state index contributed by atoms with van der Waals surface area (Å²) in [5, 5.41) is 6.33. The average molecular weight is 539 g/mol. The molecule has 4 rings (SSSR count). The molecule has 1 heterocycles. The van der Waals surface area contributed by atoms with E-state index in [-0.39, 0.29) is 22.3 Å². The number of anilines is 2. The van der Waals surface area contributed by atoms with Crippen molar-refractivity contribution in [2.75, 3.05) is 23.3 Å². The van der Waals surface area contributed by atoms with Gasteiger partial charge in [0.25, 0.3) is 11.8 Å². The molecule has 0 bridgehead atoms. The quantitative estimate of drug-likeness (QED) is 0.397. The molecule has 3 aromatic rings. The number of fused-ring (bicyclic) bond motifs is 1. The van der Waals surface area contributed by atoms with Gasteiger partial charge in [0.1, 0.15) is 6.04 Å². The molecule has 3 amide bonds. The van der Waals surface area contributed by atoms with Crippen LogP contribution in [-0.4, -0.2) is 36.9 Å². The Kier molecular flexibility index (Phi) is 7.87. The maximum Gasteiger partial charge on any atom is 0.259 e. The van der Waals surface area contributed by atoms with E-state index in [9.17, 15) is 14.4 Å². The summed E-state index contributed by atoms with van der Waals surface area (Å²) in [4.78, 5) is 41.4. The molecule has 0 aromatic heterocycles. The van der Waals surface area contributed by atoms with Crippen molar-refractivity contribution < 1.29 is 14.4 Å². The fraction of sp³-hybridized carbons (Fsp3) is 0.250. The molecule has 4 N–H and O–H groups in total. The number of hydrogen-bond donors (Lipinski definition) is 3. The van der Waals surface area contributed by atoms with E-state index in [1.54, 1.807) is 30.3 Å². The van der Waals surface area contributed by atoms with Gasteiger partial charge in [-0.1, -0.05) is 67.4 Å². The molecule has 7 nitrogen and oxygen atoms in total. The maximum atomic E-state index is 13.8. The summed E-state index contributed by atoms with van der Waals surface area (Å²) in [5.41, 5.74) is 7.90. The Morgan fingerprint density at radius 3 is 2.38 bits per heavy atom. The molecule has 1 aliphatic heterocycles. The molecule has 1 aliphatic rings. The first-order valence-corrected chi connectivity index (χ1v) is 12.6. The highest BCUT2D eigenvalue weighted by Gasteiger charge is 2.38. The van der Waals surface area contributed by atoms with Gasteiger partial charge in [-0.2, -0.15) is 0 Å². The van der Waals surface area contributed by atoms with Crippen LogP contribution in [0.5, 0.6) is 0 Å². The smallest absolute Gasteiger partial charge is 0.259 e. The van der Waals surface area contributed by atoms with Gasteiger partial charge in [-0.25, -0.2) is 0 Å². The topological polar surface area (TPSA) is 105 Å². The number of carbonyl (C=O) groups is 3. The Balaban J connectivity index is 1.71. The molecule has 1 unspecified atom stereocenters. The highest BCUT2D eigenvalue weighted by Crippen LogP contribution is 2.36. The molecule has 37 heavy (non-hydrogen) atoms. The van der Waals surface area contributed by atoms with Gasteiger partial charge in [-0.05, 0) is 53.9 Å². The van der Waals surface area contributed by atoms with Crippen molar-refractivity contribution in [3.05, 3.63) is 93.5 Å². The van der Waals surface area contributed by atoms with Crippen molar-refractivity contribution in [3.63, 3.8) is 0 Å². The van der Waals surface area contributed by atoms with E-state index in [1.807, 2.05) is 44.2 Å². The number of benzene rings is 3. The Bertz CT molecular complexity index is 1340. The lowest BCUT2D eigenvalue weighted by atomic mass is 9.94. The molecule has 0 spiro atoms. The molecule has 192 valence electrons. The van der Waals surface area contributed by atoms with Crippen LogP contribution in [0, 0.1) is 5.41 Å². The van der Waals surface area contributed by atoms with Crippen LogP contribution < -0.4 is 21.3 Å². The van der Waals surface area contributed by atoms with Gasteiger partial charge < -0.3 is 16.4 Å². The van der Waals surface area contributed by atoms with Crippen molar-refractivity contribution >= 4 is 52.3 Å². The summed E-state index contributed by atoms with van der Waals surface area (Å²) in [6, 6.07) is 18.1. The second-order valence-corrected chi connectivity index (χ2v) is 10.6. The Morgan fingerprint density at radius 2 is 1.70 bits per heavy atom. The first-order valence-electron chi connectivity index (χ1n) is 11.9. The summed E-state index contributed by atoms with van der Waals surface area (Å²) in [6.07, 6.45) is 0.301. The van der Waals surface area contributed by atoms with Crippen LogP contribution in [0.4, 0.5) is 11.4 Å². The van der Waals surface area contributed by atoms with E-state index in [2.05, 4.69) is 10.6 Å². The summed E-state index contributed by atoms with van der Waals surface area (Å²) < 4.78 is 0. The molecule has 9 heteroatoms. The van der Waals surface area contributed by atoms with E-state index < -0.39 is 11.9 Å². The number of rotatable bonds is 7. The largest absolute Gasteiger partial charge is 0.351 e. The van der Waals surface area contributed by atoms with Gasteiger partial charge in [0.2, 0.25) is 5.91 Å². The normalized spacial score (nSPS) is 15.1. The lowest BCUT2D eigenvalue weighted by molar-refractivity contribution is -0.117. The Hall–Kier alpha value is -3.39. The fourth-order valence-corrected chi connectivity index (χ4v) is 4.32. The summed E-state index contributed by atoms with van der Waals surface area (Å²) in [6.45, 7) is 4.73. The first kappa shape index (κ1) is 26.7. The van der Waals surface area contributed by atoms with Crippen molar-refractivity contribution in [3.8, 4) is 0 Å². The van der Waals surface area contributed by atoms with Gasteiger partial charge in [0.15, 0.2) is 0 Å². The second kappa shape index (κ2) is 10.9. The van der Waals surface area contributed by atoms with E-state index in [1.165, 1.54) is 11.0 Å². The van der Waals surface area contributed by atoms with Gasteiger partial charge in [-0.15, -0.1) is 0 Å². The molecule has 0 saturated heterocycles. The zero-order valence-electron chi connectivity index (χ0n) is 20.6. The first-order chi connectivity index (χ1) is 17.6. The average Bonchev–Trinajstić information content (AvgIpc) is 2.89. The maximum absolute atomic E-state index is 13.8. The third kappa shape index (κ3) is 5.96. The number of nitrogens with two attached hydrogens (primary N) is 1. The van der Waals surface area contributed by atoms with Gasteiger partial charge in [0.05, 0.1) is 21.4 Å². The van der Waals surface area contributed by atoms with Gasteiger partial charge >= 0.3 is 0 Å². The fourth-order valence-electron chi connectivity index (χ4n) is 4.02. The molecular weight excluding hydrogens is 511 g/mol. The molecule has 0 saturated carbocycles. The van der Waals surface area contributed by atoms with Gasteiger partial charge in [-0.3, -0.25) is 19.3 Å². The van der Waals surface area contributed by atoms with Gasteiger partial charge in [0, 0.05) is 24.1 Å². The van der Waals surface area contributed by atoms with Crippen LogP contribution in [0.25, 0.3) is 0 Å². The lowest BCUT2D eigenvalue weighted by Crippen LogP contribution is -2.52. The summed E-state index contributed by atoms with van der Waals surface area (Å²) in [7, 11) is 0. The monoisotopic (exact) mass is 538 g/mol. The van der Waals surface area contributed by atoms with Crippen LogP contribution in [0.3, 0.4) is 0 Å². The van der Waals surface area contributed by atoms with Crippen LogP contribution in [0.1, 0.15) is 40.1 Å². The number of nitrogens with zero attached hydrogens (tertiary/aromatic N) is 1. The van der Waals surface area contributed by atoms with Crippen molar-refractivity contribution in [2.45, 2.75) is 26.3 Å². The minimum Gasteiger partial charge on any atom is -0.351 e. The number of amides is 3. The highest BCUT2D eigenvalue weighted by atomic mass is 35.5. The number of hydrogen-bond acceptors (Lipinski definition) is 4. The van der Waals surface area contributed by atoms with E-state index in [0.29, 0.717) is 47.0 Å². The van der Waals surface area contributed by atoms with Crippen LogP contribution in [-0.2, 0) is 11.2 Å². The zero-order chi connectivity index (χ0) is 26.7. The molecule has 0 aliphatic carbocycles. The van der Waals surface area contributed by atoms with E-state index >= 15 is 0 Å². The van der Waals surface area contributed by atoms with Crippen LogP contribution in [0.2, 0.25) is 10.0 Å². The molecule has 1 atom stereocenters. The second-order valence-electron chi connectivity index (χ2n) is 9.78. The number of carbonyl (C=O) groups excluding carboxylic acids is 3. The third-order valence-corrected chi connectivity index (χ3v) is 7.07. The molecule has 3 aromatic carbocycles. The summed E-state index contributed by atoms with van der Waals surface area (Å²) in [5.74, 6) is -1.06. The third-order valence-electron chi connectivity index (χ3n) is 6.33. The Labute approximate surface area is 225 Å². The SMILES string of the molecule is CC(C)(CN)CNC(=O)c1ccc2c(c1)NC(=O)C(Cc1ccccc1)N2C(=O)c1ccc(Cl)c(Cl)c1. The number of halogens is 2. The van der Waals surface area contributed by atoms with E-state index in [0.717, 1.165) is 5.56 Å². The Morgan fingerprint density at radius 1 is 1.00 bits per heavy atom. The predicted molar refractivity (Wildman–Crippen MR) is 147 cm³/mol. The minimum atomic E-state index is -0.818. The molecule has 0 radical (unpaired) electrons. The zero-order valence-corrected chi connectivity index (χ0v) is 22.1. The highest BCUT2D eigenvalue weighted by molar-refractivity contribution is 6.42.